The van der Waals surface area contributed by atoms with Crippen LogP contribution < -0.4 is 10.6 Å². The topological polar surface area (TPSA) is 85.0 Å². The molecule has 2 aromatic carbocycles. The smallest absolute Gasteiger partial charge is 0.416 e. The molecular formula is C21H18F3N5O2. The maximum atomic E-state index is 13.1. The highest BCUT2D eigenvalue weighted by atomic mass is 19.4. The maximum absolute atomic E-state index is 13.1. The second kappa shape index (κ2) is 8.23. The minimum atomic E-state index is -4.55. The summed E-state index contributed by atoms with van der Waals surface area (Å²) in [5, 5.41) is 10.4. The van der Waals surface area contributed by atoms with Gasteiger partial charge in [-0.25, -0.2) is 9.67 Å². The fourth-order valence-corrected chi connectivity index (χ4v) is 3.10. The quantitative estimate of drug-likeness (QED) is 0.477. The number of halogens is 3. The van der Waals surface area contributed by atoms with Gasteiger partial charge in [-0.3, -0.25) is 10.1 Å². The highest BCUT2D eigenvalue weighted by molar-refractivity contribution is 5.94. The van der Waals surface area contributed by atoms with Crippen LogP contribution in [0.15, 0.2) is 65.6 Å². The molecule has 1 atom stereocenters. The van der Waals surface area contributed by atoms with Crippen LogP contribution in [-0.2, 0) is 11.0 Å². The normalized spacial score (nSPS) is 12.8. The third-order valence-electron chi connectivity index (χ3n) is 4.70. The fourth-order valence-electron chi connectivity index (χ4n) is 3.10. The molecule has 0 saturated carbocycles. The molecule has 7 nitrogen and oxygen atoms in total. The fraction of sp³-hybridized carbons (Fsp3) is 0.190. The van der Waals surface area contributed by atoms with Crippen molar-refractivity contribution in [3.8, 4) is 5.69 Å². The number of hydrogen-bond donors (Lipinski definition) is 2. The summed E-state index contributed by atoms with van der Waals surface area (Å²) in [7, 11) is 0. The number of hydrogen-bond acceptors (Lipinski definition) is 5. The number of anilines is 1. The van der Waals surface area contributed by atoms with E-state index in [4.69, 9.17) is 4.42 Å². The Labute approximate surface area is 174 Å². The number of rotatable bonds is 6. The third-order valence-corrected chi connectivity index (χ3v) is 4.70. The van der Waals surface area contributed by atoms with Gasteiger partial charge in [-0.05, 0) is 37.3 Å². The van der Waals surface area contributed by atoms with Gasteiger partial charge < -0.3 is 9.73 Å². The van der Waals surface area contributed by atoms with Crippen molar-refractivity contribution >= 4 is 22.6 Å². The van der Waals surface area contributed by atoms with E-state index >= 15 is 0 Å². The number of alkyl halides is 3. The van der Waals surface area contributed by atoms with Crippen molar-refractivity contribution in [2.24, 2.45) is 0 Å². The molecule has 0 aliphatic rings. The largest absolute Gasteiger partial charge is 0.459 e. The van der Waals surface area contributed by atoms with Crippen molar-refractivity contribution in [1.82, 2.24) is 20.1 Å². The van der Waals surface area contributed by atoms with E-state index < -0.39 is 17.6 Å². The van der Waals surface area contributed by atoms with Gasteiger partial charge in [0.25, 0.3) is 0 Å². The Kier molecular flexibility index (Phi) is 5.47. The van der Waals surface area contributed by atoms with E-state index in [0.717, 1.165) is 23.1 Å². The van der Waals surface area contributed by atoms with E-state index in [1.807, 2.05) is 37.3 Å². The molecule has 0 aliphatic carbocycles. The van der Waals surface area contributed by atoms with Crippen LogP contribution in [0.1, 0.15) is 24.3 Å². The number of para-hydroxylation sites is 1. The number of carbonyl (C=O) groups is 1. The summed E-state index contributed by atoms with van der Waals surface area (Å²) in [4.78, 5) is 16.3. The first kappa shape index (κ1) is 20.6. The molecule has 0 radical (unpaired) electrons. The number of nitrogens with zero attached hydrogens (tertiary/aromatic N) is 3. The van der Waals surface area contributed by atoms with Crippen molar-refractivity contribution in [3.63, 3.8) is 0 Å². The molecule has 0 spiro atoms. The highest BCUT2D eigenvalue weighted by Gasteiger charge is 2.31. The zero-order valence-corrected chi connectivity index (χ0v) is 16.3. The number of carbonyl (C=O) groups excluding carboxylic acids is 1. The van der Waals surface area contributed by atoms with Gasteiger partial charge in [-0.1, -0.05) is 18.2 Å². The Balaban J connectivity index is 1.48. The number of fused-ring (bicyclic) bond motifs is 1. The Morgan fingerprint density at radius 3 is 2.71 bits per heavy atom. The predicted molar refractivity (Wildman–Crippen MR) is 108 cm³/mol. The maximum Gasteiger partial charge on any atom is 0.416 e. The molecule has 10 heteroatoms. The van der Waals surface area contributed by atoms with Gasteiger partial charge in [0.2, 0.25) is 5.91 Å². The van der Waals surface area contributed by atoms with Crippen molar-refractivity contribution in [3.05, 3.63) is 72.5 Å². The van der Waals surface area contributed by atoms with Crippen LogP contribution in [0.25, 0.3) is 16.7 Å². The predicted octanol–water partition coefficient (Wildman–Crippen LogP) is 4.32. The summed E-state index contributed by atoms with van der Waals surface area (Å²) in [6, 6.07) is 12.1. The van der Waals surface area contributed by atoms with Gasteiger partial charge in [0.1, 0.15) is 24.0 Å². The van der Waals surface area contributed by atoms with Crippen LogP contribution in [0.3, 0.4) is 0 Å². The van der Waals surface area contributed by atoms with Gasteiger partial charge in [-0.15, -0.1) is 0 Å². The van der Waals surface area contributed by atoms with E-state index in [2.05, 4.69) is 20.7 Å². The summed E-state index contributed by atoms with van der Waals surface area (Å²) >= 11 is 0. The second-order valence-electron chi connectivity index (χ2n) is 6.91. The van der Waals surface area contributed by atoms with Crippen LogP contribution in [0.2, 0.25) is 0 Å². The minimum absolute atomic E-state index is 0.0245. The molecule has 31 heavy (non-hydrogen) atoms. The van der Waals surface area contributed by atoms with E-state index in [9.17, 15) is 18.0 Å². The first-order chi connectivity index (χ1) is 14.8. The number of nitrogens with one attached hydrogen (secondary N) is 2. The molecule has 1 amide bonds. The van der Waals surface area contributed by atoms with Gasteiger partial charge in [0, 0.05) is 5.39 Å². The van der Waals surface area contributed by atoms with E-state index in [1.54, 1.807) is 0 Å². The molecule has 4 rings (SSSR count). The number of amides is 1. The number of benzene rings is 2. The monoisotopic (exact) mass is 429 g/mol. The molecule has 0 saturated heterocycles. The third kappa shape index (κ3) is 4.58. The van der Waals surface area contributed by atoms with Crippen molar-refractivity contribution in [1.29, 1.82) is 0 Å². The Morgan fingerprint density at radius 1 is 1.19 bits per heavy atom. The van der Waals surface area contributed by atoms with Crippen molar-refractivity contribution in [2.45, 2.75) is 19.1 Å². The van der Waals surface area contributed by atoms with Gasteiger partial charge in [-0.2, -0.15) is 18.3 Å². The van der Waals surface area contributed by atoms with E-state index in [-0.39, 0.29) is 24.0 Å². The average Bonchev–Trinajstić information content (AvgIpc) is 3.41. The zero-order valence-electron chi connectivity index (χ0n) is 16.3. The van der Waals surface area contributed by atoms with Gasteiger partial charge in [0.05, 0.1) is 29.5 Å². The molecule has 2 heterocycles. The molecule has 1 unspecified atom stereocenters. The van der Waals surface area contributed by atoms with Gasteiger partial charge in [0.15, 0.2) is 0 Å². The zero-order chi connectivity index (χ0) is 22.0. The molecule has 2 N–H and O–H groups in total. The number of furan rings is 1. The molecule has 0 fully saturated rings. The second-order valence-corrected chi connectivity index (χ2v) is 6.91. The summed E-state index contributed by atoms with van der Waals surface area (Å²) in [6.45, 7) is 1.70. The lowest BCUT2D eigenvalue weighted by Crippen LogP contribution is -2.30. The summed E-state index contributed by atoms with van der Waals surface area (Å²) < 4.78 is 46.5. The molecule has 160 valence electrons. The standard InChI is InChI=1S/C21H18F3N5O2/c1-13(19-8-14-4-2-3-5-18(14)31-19)26-10-20(30)28-16-9-15(21(22,23)24)6-7-17(16)29-12-25-11-27-29/h2-9,11-13,26H,10H2,1H3,(H,28,30). The first-order valence-corrected chi connectivity index (χ1v) is 9.39. The van der Waals surface area contributed by atoms with Crippen molar-refractivity contribution < 1.29 is 22.4 Å². The Morgan fingerprint density at radius 2 is 2.00 bits per heavy atom. The molecule has 2 aromatic heterocycles. The van der Waals surface area contributed by atoms with E-state index in [1.165, 1.54) is 23.4 Å². The SMILES string of the molecule is CC(NCC(=O)Nc1cc(C(F)(F)F)ccc1-n1cncn1)c1cc2ccccc2o1. The summed E-state index contributed by atoms with van der Waals surface area (Å²) in [6.07, 6.45) is -1.96. The minimum Gasteiger partial charge on any atom is -0.459 e. The lowest BCUT2D eigenvalue weighted by molar-refractivity contribution is -0.137. The molecule has 4 aromatic rings. The summed E-state index contributed by atoms with van der Waals surface area (Å²) in [5.74, 6) is 0.139. The van der Waals surface area contributed by atoms with Crippen LogP contribution in [0.4, 0.5) is 18.9 Å². The molecule has 0 bridgehead atoms. The average molecular weight is 429 g/mol. The Hall–Kier alpha value is -3.66. The van der Waals surface area contributed by atoms with Crippen LogP contribution in [0, 0.1) is 0 Å². The lowest BCUT2D eigenvalue weighted by atomic mass is 10.1. The van der Waals surface area contributed by atoms with Crippen LogP contribution in [-0.4, -0.2) is 27.2 Å². The van der Waals surface area contributed by atoms with Crippen LogP contribution >= 0.6 is 0 Å². The molecule has 0 aliphatic heterocycles. The van der Waals surface area contributed by atoms with Gasteiger partial charge >= 0.3 is 6.18 Å². The Bertz CT molecular complexity index is 1170. The molecular weight excluding hydrogens is 411 g/mol. The van der Waals surface area contributed by atoms with E-state index in [0.29, 0.717) is 5.76 Å². The van der Waals surface area contributed by atoms with Crippen LogP contribution in [0.5, 0.6) is 0 Å². The first-order valence-electron chi connectivity index (χ1n) is 9.39. The summed E-state index contributed by atoms with van der Waals surface area (Å²) in [5.41, 5.74) is 0.0972. The lowest BCUT2D eigenvalue weighted by Gasteiger charge is -2.15. The number of aromatic nitrogens is 3. The highest BCUT2D eigenvalue weighted by Crippen LogP contribution is 2.33. The van der Waals surface area contributed by atoms with Crippen molar-refractivity contribution in [2.75, 3.05) is 11.9 Å².